The summed E-state index contributed by atoms with van der Waals surface area (Å²) in [7, 11) is 2.56. The van der Waals surface area contributed by atoms with Crippen LogP contribution in [0.3, 0.4) is 0 Å². The number of carbonyl (C=O) groups excluding carboxylic acids is 2. The number of unbranched alkanes of at least 4 members (excludes halogenated alkanes) is 4. The lowest BCUT2D eigenvalue weighted by Gasteiger charge is -2.15. The van der Waals surface area contributed by atoms with Gasteiger partial charge < -0.3 is 18.9 Å². The van der Waals surface area contributed by atoms with Crippen LogP contribution in [0.4, 0.5) is 13.2 Å². The Morgan fingerprint density at radius 1 is 0.906 bits per heavy atom. The summed E-state index contributed by atoms with van der Waals surface area (Å²) in [5.41, 5.74) is -0.377. The average Bonchev–Trinajstić information content (AvgIpc) is 3.06. The zero-order valence-corrected chi connectivity index (χ0v) is 18.3. The largest absolute Gasteiger partial charge is 0.421 e. The maximum atomic E-state index is 13.7. The van der Waals surface area contributed by atoms with Crippen LogP contribution in [0, 0.1) is 0 Å². The highest BCUT2D eigenvalue weighted by Crippen LogP contribution is 2.48. The lowest BCUT2D eigenvalue weighted by Crippen LogP contribution is -2.18. The van der Waals surface area contributed by atoms with E-state index in [9.17, 15) is 22.8 Å². The lowest BCUT2D eigenvalue weighted by atomic mass is 10.0. The zero-order chi connectivity index (χ0) is 23.7. The average molecular weight is 456 g/mol. The Kier molecular flexibility index (Phi) is 9.46. The molecule has 6 nitrogen and oxygen atoms in total. The van der Waals surface area contributed by atoms with Crippen molar-refractivity contribution in [3.63, 3.8) is 0 Å². The molecule has 176 valence electrons. The predicted octanol–water partition coefficient (Wildman–Crippen LogP) is 5.10. The number of allylic oxidation sites excluding steroid dienone is 4. The number of rotatable bonds is 11. The van der Waals surface area contributed by atoms with Gasteiger partial charge in [0.15, 0.2) is 11.5 Å². The van der Waals surface area contributed by atoms with Gasteiger partial charge in [-0.3, -0.25) is 0 Å². The van der Waals surface area contributed by atoms with E-state index in [-0.39, 0.29) is 29.2 Å². The van der Waals surface area contributed by atoms with Crippen LogP contribution < -0.4 is 9.47 Å². The van der Waals surface area contributed by atoms with Crippen molar-refractivity contribution in [2.75, 3.05) is 27.4 Å². The van der Waals surface area contributed by atoms with Crippen LogP contribution in [0.1, 0.15) is 50.2 Å². The van der Waals surface area contributed by atoms with E-state index in [1.54, 1.807) is 6.08 Å². The first-order chi connectivity index (χ1) is 15.2. The van der Waals surface area contributed by atoms with Gasteiger partial charge in [-0.15, -0.1) is 0 Å². The van der Waals surface area contributed by atoms with Gasteiger partial charge in [0.2, 0.25) is 0 Å². The minimum absolute atomic E-state index is 0.149. The molecule has 0 N–H and O–H groups in total. The van der Waals surface area contributed by atoms with E-state index in [1.807, 2.05) is 0 Å². The van der Waals surface area contributed by atoms with Crippen LogP contribution in [0.25, 0.3) is 11.1 Å². The normalized spacial score (nSPS) is 14.3. The molecule has 9 heteroatoms. The molecular weight excluding hydrogens is 429 g/mol. The van der Waals surface area contributed by atoms with Gasteiger partial charge in [-0.1, -0.05) is 32.3 Å². The van der Waals surface area contributed by atoms with Gasteiger partial charge in [-0.05, 0) is 47.8 Å². The van der Waals surface area contributed by atoms with Crippen LogP contribution in [0.2, 0.25) is 0 Å². The molecule has 0 aromatic heterocycles. The Hall–Kier alpha value is -2.65. The molecular formula is C23H27F3O6. The molecule has 0 aliphatic heterocycles. The van der Waals surface area contributed by atoms with E-state index >= 15 is 0 Å². The molecule has 0 spiro atoms. The maximum absolute atomic E-state index is 13.7. The second-order valence-corrected chi connectivity index (χ2v) is 7.22. The van der Waals surface area contributed by atoms with Crippen molar-refractivity contribution < 1.29 is 41.7 Å². The molecule has 2 rings (SSSR count). The number of alkyl halides is 3. The van der Waals surface area contributed by atoms with E-state index in [1.165, 1.54) is 20.3 Å². The molecule has 0 saturated heterocycles. The smallest absolute Gasteiger partial charge is 0.417 e. The third-order valence-corrected chi connectivity index (χ3v) is 4.68. The Morgan fingerprint density at radius 2 is 1.47 bits per heavy atom. The van der Waals surface area contributed by atoms with Gasteiger partial charge >= 0.3 is 18.1 Å². The molecule has 0 bridgehead atoms. The highest BCUT2D eigenvalue weighted by Gasteiger charge is 2.40. The summed E-state index contributed by atoms with van der Waals surface area (Å²) in [5, 5.41) is 0. The minimum Gasteiger partial charge on any atom is -0.421 e. The molecule has 1 aromatic rings. The van der Waals surface area contributed by atoms with Gasteiger partial charge in [-0.2, -0.15) is 13.2 Å². The van der Waals surface area contributed by atoms with Crippen molar-refractivity contribution in [1.29, 1.82) is 0 Å². The van der Waals surface area contributed by atoms with Crippen LogP contribution in [-0.4, -0.2) is 45.5 Å². The molecule has 0 amide bonds. The van der Waals surface area contributed by atoms with Gasteiger partial charge in [0.25, 0.3) is 0 Å². The SMILES string of the molecule is CCCCCCC=C1C=C(C(F)(F)F)c2cc(OC(=O)COC)c(OC(=O)COC)cc21. The second-order valence-electron chi connectivity index (χ2n) is 7.22. The van der Waals surface area contributed by atoms with Gasteiger partial charge in [0.05, 0.1) is 5.57 Å². The Bertz CT molecular complexity index is 886. The third kappa shape index (κ3) is 6.93. The molecule has 0 radical (unpaired) electrons. The standard InChI is InChI=1S/C23H27F3O6/c1-4-5-6-7-8-9-15-10-18(23(24,25)26)17-12-20(32-22(28)14-30-3)19(11-16(15)17)31-21(27)13-29-2/h9-12H,4-8,13-14H2,1-3H3. The summed E-state index contributed by atoms with van der Waals surface area (Å²) in [6.45, 7) is 1.27. The number of hydrogen-bond donors (Lipinski definition) is 0. The van der Waals surface area contributed by atoms with Crippen LogP contribution in [0.5, 0.6) is 11.5 Å². The summed E-state index contributed by atoms with van der Waals surface area (Å²) in [5.74, 6) is -2.12. The van der Waals surface area contributed by atoms with E-state index < -0.39 is 30.3 Å². The summed E-state index contributed by atoms with van der Waals surface area (Å²) in [6, 6.07) is 2.35. The molecule has 0 saturated carbocycles. The Labute approximate surface area is 185 Å². The monoisotopic (exact) mass is 456 g/mol. The molecule has 1 aromatic carbocycles. The number of carbonyl (C=O) groups is 2. The van der Waals surface area contributed by atoms with Crippen molar-refractivity contribution >= 4 is 23.1 Å². The molecule has 0 fully saturated rings. The lowest BCUT2D eigenvalue weighted by molar-refractivity contribution is -0.141. The first-order valence-electron chi connectivity index (χ1n) is 10.3. The fourth-order valence-corrected chi connectivity index (χ4v) is 3.26. The third-order valence-electron chi connectivity index (χ3n) is 4.68. The van der Waals surface area contributed by atoms with Crippen molar-refractivity contribution in [2.45, 2.75) is 45.2 Å². The number of halogens is 3. The second kappa shape index (κ2) is 11.8. The maximum Gasteiger partial charge on any atom is 0.417 e. The van der Waals surface area contributed by atoms with Crippen LogP contribution in [0.15, 0.2) is 24.3 Å². The number of fused-ring (bicyclic) bond motifs is 1. The zero-order valence-electron chi connectivity index (χ0n) is 18.3. The van der Waals surface area contributed by atoms with Crippen molar-refractivity contribution in [1.82, 2.24) is 0 Å². The molecule has 1 aliphatic rings. The number of methoxy groups -OCH3 is 2. The van der Waals surface area contributed by atoms with E-state index in [4.69, 9.17) is 14.2 Å². The Balaban J connectivity index is 2.48. The van der Waals surface area contributed by atoms with Gasteiger partial charge in [0, 0.05) is 14.2 Å². The molecule has 0 atom stereocenters. The van der Waals surface area contributed by atoms with E-state index in [0.717, 1.165) is 37.8 Å². The number of esters is 2. The van der Waals surface area contributed by atoms with Crippen molar-refractivity contribution in [3.05, 3.63) is 35.4 Å². The fraction of sp³-hybridized carbons (Fsp3) is 0.478. The summed E-state index contributed by atoms with van der Waals surface area (Å²) >= 11 is 0. The fourth-order valence-electron chi connectivity index (χ4n) is 3.26. The van der Waals surface area contributed by atoms with Gasteiger partial charge in [0.1, 0.15) is 13.2 Å². The summed E-state index contributed by atoms with van der Waals surface area (Å²) in [4.78, 5) is 23.8. The number of ether oxygens (including phenoxy) is 4. The first-order valence-corrected chi connectivity index (χ1v) is 10.3. The molecule has 0 heterocycles. The molecule has 1 aliphatic carbocycles. The molecule has 32 heavy (non-hydrogen) atoms. The number of hydrogen-bond acceptors (Lipinski definition) is 6. The Morgan fingerprint density at radius 3 is 1.97 bits per heavy atom. The molecule has 0 unspecified atom stereocenters. The topological polar surface area (TPSA) is 71.1 Å². The van der Waals surface area contributed by atoms with Crippen molar-refractivity contribution in [3.8, 4) is 11.5 Å². The first kappa shape index (κ1) is 25.6. The highest BCUT2D eigenvalue weighted by molar-refractivity contribution is 5.98. The number of benzene rings is 1. The highest BCUT2D eigenvalue weighted by atomic mass is 19.4. The quantitative estimate of drug-likeness (QED) is 0.262. The van der Waals surface area contributed by atoms with E-state index in [2.05, 4.69) is 11.7 Å². The summed E-state index contributed by atoms with van der Waals surface area (Å²) in [6.07, 6.45) is 2.74. The van der Waals surface area contributed by atoms with E-state index in [0.29, 0.717) is 12.0 Å². The van der Waals surface area contributed by atoms with Crippen LogP contribution in [-0.2, 0) is 19.1 Å². The van der Waals surface area contributed by atoms with Gasteiger partial charge in [-0.25, -0.2) is 9.59 Å². The minimum atomic E-state index is -4.62. The van der Waals surface area contributed by atoms with Crippen LogP contribution >= 0.6 is 0 Å². The summed E-state index contributed by atoms with van der Waals surface area (Å²) < 4.78 is 60.8. The predicted molar refractivity (Wildman–Crippen MR) is 112 cm³/mol. The van der Waals surface area contributed by atoms with Crippen molar-refractivity contribution in [2.24, 2.45) is 0 Å².